The van der Waals surface area contributed by atoms with Crippen LogP contribution in [0.2, 0.25) is 0 Å². The number of aryl methyl sites for hydroxylation is 1. The minimum Gasteiger partial charge on any atom is -0.497 e. The normalized spacial score (nSPS) is 10.4. The Labute approximate surface area is 182 Å². The summed E-state index contributed by atoms with van der Waals surface area (Å²) >= 11 is 1.02. The monoisotopic (exact) mass is 440 g/mol. The summed E-state index contributed by atoms with van der Waals surface area (Å²) < 4.78 is 15.3. The Morgan fingerprint density at radius 2 is 2.03 bits per heavy atom. The van der Waals surface area contributed by atoms with Crippen LogP contribution in [0.1, 0.15) is 40.0 Å². The molecule has 160 valence electrons. The van der Waals surface area contributed by atoms with Crippen LogP contribution in [0.25, 0.3) is 11.4 Å². The van der Waals surface area contributed by atoms with Crippen LogP contribution < -0.4 is 10.1 Å². The van der Waals surface area contributed by atoms with E-state index >= 15 is 0 Å². The van der Waals surface area contributed by atoms with Crippen molar-refractivity contribution in [3.8, 4) is 23.2 Å². The average Bonchev–Trinajstić information content (AvgIpc) is 3.37. The van der Waals surface area contributed by atoms with Crippen molar-refractivity contribution in [1.82, 2.24) is 10.1 Å². The molecule has 0 spiro atoms. The number of nitriles is 1. The molecule has 1 aromatic carbocycles. The van der Waals surface area contributed by atoms with Crippen molar-refractivity contribution in [2.45, 2.75) is 26.7 Å². The quantitative estimate of drug-likeness (QED) is 0.525. The number of carbonyl (C=O) groups is 2. The van der Waals surface area contributed by atoms with Crippen LogP contribution in [0, 0.1) is 18.3 Å². The standard InChI is InChI=1S/C21H20N4O5S/c1-4-29-21(27)18-12(2)15(11-22)20(31-18)23-16(26)9-10-17-24-19(25-30-17)13-5-7-14(28-3)8-6-13/h5-8H,4,9-10H2,1-3H3,(H,23,26). The number of benzene rings is 1. The topological polar surface area (TPSA) is 127 Å². The highest BCUT2D eigenvalue weighted by Crippen LogP contribution is 2.33. The van der Waals surface area contributed by atoms with Crippen LogP contribution in [0.3, 0.4) is 0 Å². The lowest BCUT2D eigenvalue weighted by Crippen LogP contribution is -2.12. The number of nitrogens with one attached hydrogen (secondary N) is 1. The van der Waals surface area contributed by atoms with Crippen LogP contribution in [-0.2, 0) is 16.0 Å². The minimum atomic E-state index is -0.515. The van der Waals surface area contributed by atoms with E-state index in [1.165, 1.54) is 0 Å². The molecule has 0 saturated heterocycles. The Morgan fingerprint density at radius 3 is 2.68 bits per heavy atom. The molecule has 0 bridgehead atoms. The molecule has 1 amide bonds. The van der Waals surface area contributed by atoms with E-state index in [0.717, 1.165) is 22.6 Å². The van der Waals surface area contributed by atoms with Crippen molar-refractivity contribution < 1.29 is 23.6 Å². The van der Waals surface area contributed by atoms with Gasteiger partial charge in [-0.3, -0.25) is 4.79 Å². The van der Waals surface area contributed by atoms with Crippen LogP contribution in [0.4, 0.5) is 5.00 Å². The van der Waals surface area contributed by atoms with Crippen molar-refractivity contribution in [3.05, 3.63) is 46.2 Å². The van der Waals surface area contributed by atoms with Crippen LogP contribution in [0.5, 0.6) is 5.75 Å². The molecule has 0 radical (unpaired) electrons. The first kappa shape index (κ1) is 22.0. The van der Waals surface area contributed by atoms with Crippen LogP contribution in [-0.4, -0.2) is 35.7 Å². The van der Waals surface area contributed by atoms with Crippen molar-refractivity contribution >= 4 is 28.2 Å². The molecule has 0 fully saturated rings. The maximum atomic E-state index is 12.4. The van der Waals surface area contributed by atoms with Gasteiger partial charge >= 0.3 is 5.97 Å². The first-order valence-corrected chi connectivity index (χ1v) is 10.3. The van der Waals surface area contributed by atoms with E-state index in [2.05, 4.69) is 15.5 Å². The molecule has 2 heterocycles. The number of anilines is 1. The molecule has 3 aromatic rings. The van der Waals surface area contributed by atoms with E-state index in [9.17, 15) is 14.9 Å². The molecule has 2 aromatic heterocycles. The summed E-state index contributed by atoms with van der Waals surface area (Å²) in [5.74, 6) is 0.598. The van der Waals surface area contributed by atoms with Gasteiger partial charge in [-0.1, -0.05) is 5.16 Å². The molecule has 0 unspecified atom stereocenters. The van der Waals surface area contributed by atoms with Crippen molar-refractivity contribution in [2.75, 3.05) is 19.0 Å². The maximum absolute atomic E-state index is 12.4. The number of methoxy groups -OCH3 is 1. The third-order valence-electron chi connectivity index (χ3n) is 4.35. The Morgan fingerprint density at radius 1 is 1.29 bits per heavy atom. The summed E-state index contributed by atoms with van der Waals surface area (Å²) in [6.45, 7) is 3.57. The van der Waals surface area contributed by atoms with Gasteiger partial charge in [0.1, 0.15) is 21.7 Å². The first-order chi connectivity index (χ1) is 15.0. The van der Waals surface area contributed by atoms with E-state index in [4.69, 9.17) is 14.0 Å². The molecular formula is C21H20N4O5S. The number of thiophene rings is 1. The van der Waals surface area contributed by atoms with Crippen molar-refractivity contribution in [1.29, 1.82) is 5.26 Å². The molecule has 0 aliphatic carbocycles. The molecular weight excluding hydrogens is 420 g/mol. The molecule has 10 heteroatoms. The zero-order valence-electron chi connectivity index (χ0n) is 17.2. The number of nitrogens with zero attached hydrogens (tertiary/aromatic N) is 3. The van der Waals surface area contributed by atoms with Gasteiger partial charge in [0, 0.05) is 18.4 Å². The van der Waals surface area contributed by atoms with E-state index < -0.39 is 5.97 Å². The lowest BCUT2D eigenvalue weighted by Gasteiger charge is -2.01. The number of esters is 1. The Kier molecular flexibility index (Phi) is 6.99. The van der Waals surface area contributed by atoms with Gasteiger partial charge in [0.2, 0.25) is 17.6 Å². The number of rotatable bonds is 8. The average molecular weight is 440 g/mol. The second-order valence-electron chi connectivity index (χ2n) is 6.38. The second kappa shape index (κ2) is 9.86. The molecule has 1 N–H and O–H groups in total. The Bertz CT molecular complexity index is 1130. The summed E-state index contributed by atoms with van der Waals surface area (Å²) in [5.41, 5.74) is 1.50. The summed E-state index contributed by atoms with van der Waals surface area (Å²) in [7, 11) is 1.58. The number of ether oxygens (including phenoxy) is 2. The first-order valence-electron chi connectivity index (χ1n) is 9.44. The maximum Gasteiger partial charge on any atom is 0.348 e. The third-order valence-corrected chi connectivity index (χ3v) is 5.54. The lowest BCUT2D eigenvalue weighted by molar-refractivity contribution is -0.116. The van der Waals surface area contributed by atoms with E-state index in [1.54, 1.807) is 33.1 Å². The SMILES string of the molecule is CCOC(=O)c1sc(NC(=O)CCc2nc(-c3ccc(OC)cc3)no2)c(C#N)c1C. The molecule has 0 saturated carbocycles. The van der Waals surface area contributed by atoms with Gasteiger partial charge in [-0.05, 0) is 43.7 Å². The lowest BCUT2D eigenvalue weighted by atomic mass is 10.1. The Hall–Kier alpha value is -3.71. The van der Waals surface area contributed by atoms with Crippen molar-refractivity contribution in [3.63, 3.8) is 0 Å². The van der Waals surface area contributed by atoms with Gasteiger partial charge in [0.05, 0.1) is 19.3 Å². The largest absolute Gasteiger partial charge is 0.497 e. The highest BCUT2D eigenvalue weighted by Gasteiger charge is 2.22. The summed E-state index contributed by atoms with van der Waals surface area (Å²) in [6, 6.07) is 9.23. The van der Waals surface area contributed by atoms with Crippen LogP contribution >= 0.6 is 11.3 Å². The summed E-state index contributed by atoms with van der Waals surface area (Å²) in [4.78, 5) is 29.0. The molecule has 9 nitrogen and oxygen atoms in total. The number of carbonyl (C=O) groups excluding carboxylic acids is 2. The van der Waals surface area contributed by atoms with E-state index in [0.29, 0.717) is 27.2 Å². The molecule has 3 rings (SSSR count). The molecule has 31 heavy (non-hydrogen) atoms. The minimum absolute atomic E-state index is 0.0702. The highest BCUT2D eigenvalue weighted by molar-refractivity contribution is 7.18. The number of aromatic nitrogens is 2. The zero-order chi connectivity index (χ0) is 22.4. The molecule has 0 aliphatic heterocycles. The van der Waals surface area contributed by atoms with E-state index in [1.807, 2.05) is 18.2 Å². The summed E-state index contributed by atoms with van der Waals surface area (Å²) in [6.07, 6.45) is 0.298. The zero-order valence-corrected chi connectivity index (χ0v) is 18.0. The Balaban J connectivity index is 1.63. The fourth-order valence-corrected chi connectivity index (χ4v) is 3.82. The fraction of sp³-hybridized carbons (Fsp3) is 0.286. The predicted octanol–water partition coefficient (Wildman–Crippen LogP) is 3.73. The molecule has 0 atom stereocenters. The third kappa shape index (κ3) is 5.07. The van der Waals surface area contributed by atoms with Gasteiger partial charge in [0.25, 0.3) is 0 Å². The van der Waals surface area contributed by atoms with Gasteiger partial charge in [-0.15, -0.1) is 11.3 Å². The van der Waals surface area contributed by atoms with Gasteiger partial charge in [-0.2, -0.15) is 10.2 Å². The summed E-state index contributed by atoms with van der Waals surface area (Å²) in [5, 5.41) is 16.3. The van der Waals surface area contributed by atoms with Crippen LogP contribution in [0.15, 0.2) is 28.8 Å². The second-order valence-corrected chi connectivity index (χ2v) is 7.40. The highest BCUT2D eigenvalue weighted by atomic mass is 32.1. The molecule has 0 aliphatic rings. The smallest absolute Gasteiger partial charge is 0.348 e. The predicted molar refractivity (Wildman–Crippen MR) is 113 cm³/mol. The van der Waals surface area contributed by atoms with Gasteiger partial charge in [0.15, 0.2) is 0 Å². The number of amides is 1. The number of hydrogen-bond donors (Lipinski definition) is 1. The van der Waals surface area contributed by atoms with Gasteiger partial charge < -0.3 is 19.3 Å². The van der Waals surface area contributed by atoms with Gasteiger partial charge in [-0.25, -0.2) is 4.79 Å². The fourth-order valence-electron chi connectivity index (χ4n) is 2.75. The van der Waals surface area contributed by atoms with Crippen molar-refractivity contribution in [2.24, 2.45) is 0 Å². The number of hydrogen-bond acceptors (Lipinski definition) is 9. The van der Waals surface area contributed by atoms with E-state index in [-0.39, 0.29) is 30.9 Å².